The average molecular weight is 415 g/mol. The zero-order valence-corrected chi connectivity index (χ0v) is 19.0. The van der Waals surface area contributed by atoms with Crippen molar-refractivity contribution in [3.8, 4) is 11.5 Å². The maximum Gasteiger partial charge on any atom is 0.328 e. The largest absolute Gasteiger partial charge is 0.496 e. The Hall–Kier alpha value is -2.82. The van der Waals surface area contributed by atoms with Crippen molar-refractivity contribution in [1.29, 1.82) is 0 Å². The van der Waals surface area contributed by atoms with Gasteiger partial charge in [-0.3, -0.25) is 0 Å². The van der Waals surface area contributed by atoms with Gasteiger partial charge in [-0.05, 0) is 68.0 Å². The molecule has 0 saturated heterocycles. The Kier molecular flexibility index (Phi) is 6.65. The Labute approximate surface area is 178 Å². The molecule has 2 rings (SSSR count). The van der Waals surface area contributed by atoms with E-state index in [1.807, 2.05) is 19.9 Å². The number of aliphatic carboxylic acids is 1. The summed E-state index contributed by atoms with van der Waals surface area (Å²) >= 11 is 0. The van der Waals surface area contributed by atoms with Crippen molar-refractivity contribution in [3.05, 3.63) is 59.0 Å². The molecule has 30 heavy (non-hydrogen) atoms. The highest BCUT2D eigenvalue weighted by Crippen LogP contribution is 2.47. The summed E-state index contributed by atoms with van der Waals surface area (Å²) in [5, 5.41) is 8.79. The van der Waals surface area contributed by atoms with E-state index in [1.165, 1.54) is 12.2 Å². The molecule has 1 aliphatic heterocycles. The predicted octanol–water partition coefficient (Wildman–Crippen LogP) is 6.58. The fourth-order valence-electron chi connectivity index (χ4n) is 3.38. The lowest BCUT2D eigenvalue weighted by Crippen LogP contribution is -2.31. The zero-order valence-electron chi connectivity index (χ0n) is 19.0. The molecule has 162 valence electrons. The Morgan fingerprint density at radius 3 is 2.37 bits per heavy atom. The van der Waals surface area contributed by atoms with Gasteiger partial charge in [-0.15, -0.1) is 0 Å². The van der Waals surface area contributed by atoms with E-state index < -0.39 is 17.4 Å². The summed E-state index contributed by atoms with van der Waals surface area (Å²) in [5.74, 6) is -0.320. The molecule has 1 heterocycles. The Bertz CT molecular complexity index is 970. The summed E-state index contributed by atoms with van der Waals surface area (Å²) in [6.45, 7) is 13.7. The first-order valence-corrected chi connectivity index (χ1v) is 9.86. The lowest BCUT2D eigenvalue weighted by molar-refractivity contribution is -0.131. The molecular formula is C25H31FO4. The van der Waals surface area contributed by atoms with Gasteiger partial charge in [0.25, 0.3) is 0 Å². The van der Waals surface area contributed by atoms with E-state index in [2.05, 4.69) is 26.8 Å². The Morgan fingerprint density at radius 1 is 1.20 bits per heavy atom. The van der Waals surface area contributed by atoms with Gasteiger partial charge in [0, 0.05) is 23.3 Å². The van der Waals surface area contributed by atoms with Crippen molar-refractivity contribution in [1.82, 2.24) is 0 Å². The predicted molar refractivity (Wildman–Crippen MR) is 119 cm³/mol. The maximum absolute atomic E-state index is 14.9. The van der Waals surface area contributed by atoms with E-state index in [0.717, 1.165) is 17.2 Å². The third-order valence-corrected chi connectivity index (χ3v) is 4.87. The summed E-state index contributed by atoms with van der Waals surface area (Å²) < 4.78 is 26.6. The van der Waals surface area contributed by atoms with Crippen LogP contribution in [0.3, 0.4) is 0 Å². The minimum atomic E-state index is -1.07. The third kappa shape index (κ3) is 5.41. The molecule has 0 saturated carbocycles. The lowest BCUT2D eigenvalue weighted by Gasteiger charge is -2.36. The summed E-state index contributed by atoms with van der Waals surface area (Å²) in [6, 6.07) is 3.71. The van der Waals surface area contributed by atoms with Crippen molar-refractivity contribution in [2.75, 3.05) is 7.11 Å². The first-order chi connectivity index (χ1) is 13.7. The van der Waals surface area contributed by atoms with Crippen LogP contribution >= 0.6 is 0 Å². The average Bonchev–Trinajstić information content (AvgIpc) is 2.61. The second-order valence-electron chi connectivity index (χ2n) is 9.10. The quantitative estimate of drug-likeness (QED) is 0.436. The van der Waals surface area contributed by atoms with E-state index in [1.54, 1.807) is 27.0 Å². The van der Waals surface area contributed by atoms with Gasteiger partial charge in [-0.25, -0.2) is 9.18 Å². The molecule has 1 N–H and O–H groups in total. The van der Waals surface area contributed by atoms with Crippen molar-refractivity contribution >= 4 is 17.1 Å². The highest BCUT2D eigenvalue weighted by atomic mass is 19.1. The molecular weight excluding hydrogens is 383 g/mol. The van der Waals surface area contributed by atoms with Crippen molar-refractivity contribution < 1.29 is 23.8 Å². The molecule has 0 unspecified atom stereocenters. The number of hydrogen-bond acceptors (Lipinski definition) is 3. The first kappa shape index (κ1) is 23.5. The minimum Gasteiger partial charge on any atom is -0.496 e. The number of ether oxygens (including phenoxy) is 2. The second-order valence-corrected chi connectivity index (χ2v) is 9.10. The van der Waals surface area contributed by atoms with Crippen LogP contribution in [-0.4, -0.2) is 23.8 Å². The van der Waals surface area contributed by atoms with Crippen LogP contribution in [0.15, 0.2) is 47.8 Å². The Balaban J connectivity index is 2.63. The number of hydrogen-bond donors (Lipinski definition) is 1. The van der Waals surface area contributed by atoms with E-state index in [4.69, 9.17) is 14.6 Å². The smallest absolute Gasteiger partial charge is 0.328 e. The number of carbonyl (C=O) groups is 1. The van der Waals surface area contributed by atoms with E-state index in [0.29, 0.717) is 28.2 Å². The van der Waals surface area contributed by atoms with Crippen LogP contribution in [0.25, 0.3) is 11.1 Å². The van der Waals surface area contributed by atoms with Crippen LogP contribution in [0, 0.1) is 5.41 Å². The molecule has 1 aromatic carbocycles. The van der Waals surface area contributed by atoms with Crippen LogP contribution in [0.1, 0.15) is 59.6 Å². The molecule has 4 nitrogen and oxygen atoms in total. The summed E-state index contributed by atoms with van der Waals surface area (Å²) in [4.78, 5) is 10.7. The number of methoxy groups -OCH3 is 1. The third-order valence-electron chi connectivity index (χ3n) is 4.87. The van der Waals surface area contributed by atoms with E-state index in [-0.39, 0.29) is 5.41 Å². The lowest BCUT2D eigenvalue weighted by atomic mass is 9.77. The summed E-state index contributed by atoms with van der Waals surface area (Å²) in [5.41, 5.74) is 2.91. The molecule has 0 aliphatic carbocycles. The maximum atomic E-state index is 14.9. The standard InChI is InChI=1S/C25H31FO4/c1-15(11-23(27)28)9-10-20(26)16(2)17-12-18-19(24(3,4)5)14-25(6,7)30-22(18)13-21(17)29-8/h9-14H,1-8H3,(H,27,28)/b10-9+,15-11+,20-16+. The number of allylic oxidation sites excluding steroid dienone is 6. The first-order valence-electron chi connectivity index (χ1n) is 9.86. The molecule has 1 aromatic rings. The van der Waals surface area contributed by atoms with Crippen LogP contribution in [0.4, 0.5) is 4.39 Å². The van der Waals surface area contributed by atoms with Crippen molar-refractivity contribution in [2.24, 2.45) is 5.41 Å². The normalized spacial score (nSPS) is 17.1. The highest BCUT2D eigenvalue weighted by Gasteiger charge is 2.33. The van der Waals surface area contributed by atoms with Gasteiger partial charge < -0.3 is 14.6 Å². The number of halogens is 1. The monoisotopic (exact) mass is 414 g/mol. The molecule has 0 atom stereocenters. The number of benzene rings is 1. The van der Waals surface area contributed by atoms with Gasteiger partial charge in [0.2, 0.25) is 0 Å². The van der Waals surface area contributed by atoms with Crippen LogP contribution < -0.4 is 9.47 Å². The second kappa shape index (κ2) is 8.50. The zero-order chi connectivity index (χ0) is 22.9. The number of rotatable bonds is 5. The highest BCUT2D eigenvalue weighted by molar-refractivity contribution is 5.83. The molecule has 5 heteroatoms. The van der Waals surface area contributed by atoms with Crippen LogP contribution in [0.5, 0.6) is 11.5 Å². The van der Waals surface area contributed by atoms with Gasteiger partial charge in [0.15, 0.2) is 0 Å². The van der Waals surface area contributed by atoms with Crippen molar-refractivity contribution in [2.45, 2.75) is 54.1 Å². The molecule has 0 radical (unpaired) electrons. The summed E-state index contributed by atoms with van der Waals surface area (Å²) in [6.07, 6.45) is 5.84. The Morgan fingerprint density at radius 2 is 1.83 bits per heavy atom. The van der Waals surface area contributed by atoms with Gasteiger partial charge >= 0.3 is 5.97 Å². The van der Waals surface area contributed by atoms with Gasteiger partial charge in [-0.1, -0.05) is 26.8 Å². The van der Waals surface area contributed by atoms with Crippen molar-refractivity contribution in [3.63, 3.8) is 0 Å². The summed E-state index contributed by atoms with van der Waals surface area (Å²) in [7, 11) is 1.54. The number of carboxylic acids is 1. The molecule has 0 spiro atoms. The molecule has 1 aliphatic rings. The van der Waals surface area contributed by atoms with Gasteiger partial charge in [0.05, 0.1) is 7.11 Å². The topological polar surface area (TPSA) is 55.8 Å². The molecule has 0 aromatic heterocycles. The van der Waals surface area contributed by atoms with Crippen LogP contribution in [-0.2, 0) is 4.79 Å². The van der Waals surface area contributed by atoms with E-state index >= 15 is 0 Å². The molecule has 0 bridgehead atoms. The van der Waals surface area contributed by atoms with Gasteiger partial charge in [-0.2, -0.15) is 0 Å². The fraction of sp³-hybridized carbons (Fsp3) is 0.400. The fourth-order valence-corrected chi connectivity index (χ4v) is 3.38. The van der Waals surface area contributed by atoms with Crippen LogP contribution in [0.2, 0.25) is 0 Å². The number of carboxylic acid groups (broad SMARTS) is 1. The minimum absolute atomic E-state index is 0.129. The number of fused-ring (bicyclic) bond motifs is 1. The SMILES string of the molecule is COc1cc2c(cc1\C(C)=C(F)/C=C/C(C)=C/C(=O)O)C(C(C)(C)C)=CC(C)(C)O2. The molecule has 0 fully saturated rings. The van der Waals surface area contributed by atoms with Gasteiger partial charge in [0.1, 0.15) is 22.9 Å². The van der Waals surface area contributed by atoms with E-state index in [9.17, 15) is 9.18 Å². The molecule has 0 amide bonds.